The maximum Gasteiger partial charge on any atom is 0.270 e. The first-order chi connectivity index (χ1) is 9.63. The molecule has 0 radical (unpaired) electrons. The van der Waals surface area contributed by atoms with Gasteiger partial charge in [-0.15, -0.1) is 12.4 Å². The highest BCUT2D eigenvalue weighted by molar-refractivity contribution is 7.13. The molecular formula is C13H18ClN3O3S. The summed E-state index contributed by atoms with van der Waals surface area (Å²) >= 11 is 1.36. The standard InChI is InChI=1S/C13H17N3O3S.ClH/c14-7-3-1-2-4-8-15-13(17)11-9-10(16(18)19)5-6-12(11)20-15;/h5-6,9H,1-4,7-8,14H2;1H. The maximum atomic E-state index is 12.2. The van der Waals surface area contributed by atoms with Crippen LogP contribution in [0.1, 0.15) is 25.7 Å². The first kappa shape index (κ1) is 17.6. The number of nitro groups is 1. The predicted molar refractivity (Wildman–Crippen MR) is 87.5 cm³/mol. The van der Waals surface area contributed by atoms with E-state index in [1.54, 1.807) is 10.0 Å². The van der Waals surface area contributed by atoms with E-state index in [4.69, 9.17) is 5.73 Å². The second kappa shape index (κ2) is 8.11. The van der Waals surface area contributed by atoms with E-state index in [0.29, 0.717) is 18.5 Å². The summed E-state index contributed by atoms with van der Waals surface area (Å²) in [7, 11) is 0. The van der Waals surface area contributed by atoms with Crippen LogP contribution >= 0.6 is 23.9 Å². The van der Waals surface area contributed by atoms with Crippen LogP contribution in [0.3, 0.4) is 0 Å². The van der Waals surface area contributed by atoms with Crippen molar-refractivity contribution in [1.82, 2.24) is 3.96 Å². The topological polar surface area (TPSA) is 91.2 Å². The van der Waals surface area contributed by atoms with Gasteiger partial charge < -0.3 is 5.73 Å². The highest BCUT2D eigenvalue weighted by Crippen LogP contribution is 2.22. The molecule has 0 aliphatic heterocycles. The lowest BCUT2D eigenvalue weighted by atomic mass is 10.2. The average molecular weight is 332 g/mol. The molecule has 1 heterocycles. The van der Waals surface area contributed by atoms with Gasteiger partial charge >= 0.3 is 0 Å². The lowest BCUT2D eigenvalue weighted by Gasteiger charge is -2.00. The number of benzene rings is 1. The van der Waals surface area contributed by atoms with Crippen LogP contribution in [0, 0.1) is 10.1 Å². The molecule has 1 aromatic heterocycles. The number of nitrogens with zero attached hydrogens (tertiary/aromatic N) is 2. The average Bonchev–Trinajstić information content (AvgIpc) is 2.75. The van der Waals surface area contributed by atoms with E-state index in [2.05, 4.69) is 0 Å². The van der Waals surface area contributed by atoms with Gasteiger partial charge in [-0.2, -0.15) is 0 Å². The summed E-state index contributed by atoms with van der Waals surface area (Å²) in [5.74, 6) is 0. The van der Waals surface area contributed by atoms with Gasteiger partial charge in [0.15, 0.2) is 0 Å². The Bertz CT molecular complexity index is 668. The number of unbranched alkanes of at least 4 members (excludes halogenated alkanes) is 3. The lowest BCUT2D eigenvalue weighted by Crippen LogP contribution is -2.13. The third-order valence-corrected chi connectivity index (χ3v) is 4.28. The third-order valence-electron chi connectivity index (χ3n) is 3.15. The van der Waals surface area contributed by atoms with Gasteiger partial charge in [-0.05, 0) is 25.5 Å². The summed E-state index contributed by atoms with van der Waals surface area (Å²) in [6, 6.07) is 4.44. The molecule has 1 aromatic carbocycles. The van der Waals surface area contributed by atoms with Gasteiger partial charge in [-0.3, -0.25) is 18.9 Å². The largest absolute Gasteiger partial charge is 0.330 e. The minimum Gasteiger partial charge on any atom is -0.330 e. The molecule has 21 heavy (non-hydrogen) atoms. The Kier molecular flexibility index (Phi) is 6.80. The Morgan fingerprint density at radius 3 is 2.62 bits per heavy atom. The molecule has 0 bridgehead atoms. The Morgan fingerprint density at radius 2 is 1.95 bits per heavy atom. The summed E-state index contributed by atoms with van der Waals surface area (Å²) in [5.41, 5.74) is 5.26. The van der Waals surface area contributed by atoms with Gasteiger partial charge in [-0.1, -0.05) is 24.4 Å². The van der Waals surface area contributed by atoms with Gasteiger partial charge in [0.2, 0.25) is 0 Å². The molecule has 0 aliphatic carbocycles. The number of hydrogen-bond acceptors (Lipinski definition) is 5. The highest BCUT2D eigenvalue weighted by Gasteiger charge is 2.12. The smallest absolute Gasteiger partial charge is 0.270 e. The van der Waals surface area contributed by atoms with Gasteiger partial charge in [0.1, 0.15) is 0 Å². The van der Waals surface area contributed by atoms with Crippen LogP contribution in [0.15, 0.2) is 23.0 Å². The molecule has 2 N–H and O–H groups in total. The molecule has 0 aliphatic rings. The minimum absolute atomic E-state index is 0. The summed E-state index contributed by atoms with van der Waals surface area (Å²) in [4.78, 5) is 22.4. The van der Waals surface area contributed by atoms with E-state index in [0.717, 1.165) is 30.4 Å². The van der Waals surface area contributed by atoms with E-state index in [1.165, 1.54) is 23.7 Å². The zero-order chi connectivity index (χ0) is 14.5. The predicted octanol–water partition coefficient (Wildman–Crippen LogP) is 2.91. The number of non-ortho nitro benzene ring substituents is 1. The SMILES string of the molecule is Cl.NCCCCCCn1sc2ccc([N+](=O)[O-])cc2c1=O. The molecule has 0 amide bonds. The molecule has 0 spiro atoms. The summed E-state index contributed by atoms with van der Waals surface area (Å²) < 4.78 is 2.47. The van der Waals surface area contributed by atoms with Gasteiger partial charge in [0.05, 0.1) is 15.0 Å². The Labute approximate surface area is 132 Å². The minimum atomic E-state index is -0.478. The van der Waals surface area contributed by atoms with E-state index in [9.17, 15) is 14.9 Å². The molecule has 0 atom stereocenters. The summed E-state index contributed by atoms with van der Waals surface area (Å²) in [6.07, 6.45) is 4.04. The molecule has 6 nitrogen and oxygen atoms in total. The van der Waals surface area contributed by atoms with Crippen molar-refractivity contribution in [3.8, 4) is 0 Å². The fraction of sp³-hybridized carbons (Fsp3) is 0.462. The van der Waals surface area contributed by atoms with E-state index < -0.39 is 4.92 Å². The van der Waals surface area contributed by atoms with E-state index in [-0.39, 0.29) is 23.7 Å². The molecule has 116 valence electrons. The highest BCUT2D eigenvalue weighted by atomic mass is 35.5. The molecule has 8 heteroatoms. The van der Waals surface area contributed by atoms with Gasteiger partial charge in [0, 0.05) is 18.7 Å². The Morgan fingerprint density at radius 1 is 1.24 bits per heavy atom. The van der Waals surface area contributed by atoms with Crippen LogP contribution < -0.4 is 11.3 Å². The Balaban J connectivity index is 0.00000220. The van der Waals surface area contributed by atoms with Crippen molar-refractivity contribution in [2.45, 2.75) is 32.2 Å². The number of nitro benzene ring substituents is 1. The zero-order valence-corrected chi connectivity index (χ0v) is 13.1. The van der Waals surface area contributed by atoms with Crippen LogP contribution in [-0.2, 0) is 6.54 Å². The van der Waals surface area contributed by atoms with Crippen LogP contribution in [0.4, 0.5) is 5.69 Å². The van der Waals surface area contributed by atoms with Gasteiger partial charge in [0.25, 0.3) is 11.2 Å². The summed E-state index contributed by atoms with van der Waals surface area (Å²) in [5, 5.41) is 11.2. The quantitative estimate of drug-likeness (QED) is 0.479. The fourth-order valence-electron chi connectivity index (χ4n) is 2.07. The first-order valence-corrected chi connectivity index (χ1v) is 7.39. The van der Waals surface area contributed by atoms with Crippen molar-refractivity contribution >= 4 is 39.7 Å². The Hall–Kier alpha value is -1.44. The molecule has 0 unspecified atom stereocenters. The number of aromatic nitrogens is 1. The van der Waals surface area contributed by atoms with Crippen molar-refractivity contribution in [1.29, 1.82) is 0 Å². The number of fused-ring (bicyclic) bond motifs is 1. The zero-order valence-electron chi connectivity index (χ0n) is 11.5. The molecule has 0 saturated carbocycles. The number of hydrogen-bond donors (Lipinski definition) is 1. The van der Waals surface area contributed by atoms with Crippen LogP contribution in [0.2, 0.25) is 0 Å². The van der Waals surface area contributed by atoms with Crippen molar-refractivity contribution in [3.63, 3.8) is 0 Å². The molecule has 2 aromatic rings. The second-order valence-electron chi connectivity index (χ2n) is 4.64. The summed E-state index contributed by atoms with van der Waals surface area (Å²) in [6.45, 7) is 1.36. The van der Waals surface area contributed by atoms with Crippen LogP contribution in [0.5, 0.6) is 0 Å². The number of nitrogens with two attached hydrogens (primary N) is 1. The molecule has 0 fully saturated rings. The van der Waals surface area contributed by atoms with Crippen molar-refractivity contribution in [2.75, 3.05) is 6.54 Å². The second-order valence-corrected chi connectivity index (χ2v) is 5.70. The third kappa shape index (κ3) is 4.26. The fourth-order valence-corrected chi connectivity index (χ4v) is 3.09. The van der Waals surface area contributed by atoms with Crippen molar-refractivity contribution in [3.05, 3.63) is 38.7 Å². The monoisotopic (exact) mass is 331 g/mol. The van der Waals surface area contributed by atoms with Gasteiger partial charge in [-0.25, -0.2) is 0 Å². The molecule has 2 rings (SSSR count). The first-order valence-electron chi connectivity index (χ1n) is 6.62. The number of aryl methyl sites for hydroxylation is 1. The van der Waals surface area contributed by atoms with Crippen molar-refractivity contribution in [2.24, 2.45) is 5.73 Å². The van der Waals surface area contributed by atoms with Crippen LogP contribution in [0.25, 0.3) is 10.1 Å². The van der Waals surface area contributed by atoms with E-state index in [1.807, 2.05) is 0 Å². The molecular weight excluding hydrogens is 314 g/mol. The maximum absolute atomic E-state index is 12.2. The molecule has 0 saturated heterocycles. The normalized spacial score (nSPS) is 10.5. The lowest BCUT2D eigenvalue weighted by molar-refractivity contribution is -0.384. The van der Waals surface area contributed by atoms with Crippen molar-refractivity contribution < 1.29 is 4.92 Å². The number of halogens is 1. The number of rotatable bonds is 7. The van der Waals surface area contributed by atoms with E-state index >= 15 is 0 Å². The van der Waals surface area contributed by atoms with Crippen LogP contribution in [-0.4, -0.2) is 15.4 Å².